The van der Waals surface area contributed by atoms with E-state index in [1.165, 1.54) is 64.7 Å². The van der Waals surface area contributed by atoms with Crippen molar-refractivity contribution in [3.8, 4) is 0 Å². The minimum Gasteiger partial charge on any atom is -0.381 e. The molecule has 2 unspecified atom stereocenters. The fourth-order valence-corrected chi connectivity index (χ4v) is 3.43. The van der Waals surface area contributed by atoms with Crippen molar-refractivity contribution < 1.29 is 4.74 Å². The highest BCUT2D eigenvalue weighted by Crippen LogP contribution is 2.30. The van der Waals surface area contributed by atoms with Gasteiger partial charge in [0, 0.05) is 32.3 Å². The van der Waals surface area contributed by atoms with Gasteiger partial charge in [0.1, 0.15) is 0 Å². The Morgan fingerprint density at radius 3 is 2.50 bits per heavy atom. The van der Waals surface area contributed by atoms with Gasteiger partial charge in [-0.25, -0.2) is 0 Å². The summed E-state index contributed by atoms with van der Waals surface area (Å²) in [5.74, 6) is 1.80. The zero-order valence-corrected chi connectivity index (χ0v) is 11.6. The van der Waals surface area contributed by atoms with Crippen LogP contribution in [0.1, 0.15) is 38.5 Å². The number of rotatable bonds is 6. The smallest absolute Gasteiger partial charge is 0.0506 e. The summed E-state index contributed by atoms with van der Waals surface area (Å²) >= 11 is 0. The Balaban J connectivity index is 1.47. The minimum absolute atomic E-state index is 0.758. The van der Waals surface area contributed by atoms with Gasteiger partial charge < -0.3 is 15.0 Å². The molecular weight excluding hydrogens is 224 g/mol. The third-order valence-electron chi connectivity index (χ3n) is 4.63. The van der Waals surface area contributed by atoms with Crippen LogP contribution in [0, 0.1) is 11.8 Å². The first-order valence-corrected chi connectivity index (χ1v) is 7.93. The van der Waals surface area contributed by atoms with E-state index < -0.39 is 0 Å². The summed E-state index contributed by atoms with van der Waals surface area (Å²) in [4.78, 5) is 2.74. The molecule has 3 nitrogen and oxygen atoms in total. The third kappa shape index (κ3) is 3.94. The molecule has 3 fully saturated rings. The second kappa shape index (κ2) is 6.36. The van der Waals surface area contributed by atoms with Crippen molar-refractivity contribution in [2.45, 2.75) is 44.6 Å². The van der Waals surface area contributed by atoms with Crippen LogP contribution in [0.3, 0.4) is 0 Å². The largest absolute Gasteiger partial charge is 0.381 e. The van der Waals surface area contributed by atoms with Crippen LogP contribution < -0.4 is 5.32 Å². The summed E-state index contributed by atoms with van der Waals surface area (Å²) in [5.41, 5.74) is 0. The van der Waals surface area contributed by atoms with E-state index in [0.29, 0.717) is 0 Å². The summed E-state index contributed by atoms with van der Waals surface area (Å²) in [6, 6.07) is 0.758. The van der Waals surface area contributed by atoms with Crippen molar-refractivity contribution in [3.63, 3.8) is 0 Å². The van der Waals surface area contributed by atoms with Gasteiger partial charge in [0.2, 0.25) is 0 Å². The lowest BCUT2D eigenvalue weighted by molar-refractivity contribution is 0.0365. The maximum atomic E-state index is 5.63. The monoisotopic (exact) mass is 252 g/mol. The summed E-state index contributed by atoms with van der Waals surface area (Å²) in [7, 11) is 0. The van der Waals surface area contributed by atoms with Gasteiger partial charge in [0.25, 0.3) is 0 Å². The molecule has 3 aliphatic rings. The number of nitrogens with one attached hydrogen (secondary N) is 1. The van der Waals surface area contributed by atoms with Crippen LogP contribution in [0.25, 0.3) is 0 Å². The molecule has 3 rings (SSSR count). The summed E-state index contributed by atoms with van der Waals surface area (Å²) in [6.07, 6.45) is 8.32. The Labute approximate surface area is 111 Å². The molecule has 104 valence electrons. The van der Waals surface area contributed by atoms with Gasteiger partial charge in [-0.15, -0.1) is 0 Å². The fourth-order valence-electron chi connectivity index (χ4n) is 3.43. The molecule has 2 heterocycles. The van der Waals surface area contributed by atoms with E-state index >= 15 is 0 Å². The minimum atomic E-state index is 0.758. The summed E-state index contributed by atoms with van der Waals surface area (Å²) < 4.78 is 5.63. The molecule has 2 aliphatic heterocycles. The van der Waals surface area contributed by atoms with Gasteiger partial charge in [-0.1, -0.05) is 0 Å². The van der Waals surface area contributed by atoms with E-state index in [0.717, 1.165) is 31.1 Å². The van der Waals surface area contributed by atoms with E-state index in [2.05, 4.69) is 10.2 Å². The molecular formula is C15H28N2O. The van der Waals surface area contributed by atoms with Crippen molar-refractivity contribution in [1.29, 1.82) is 0 Å². The molecule has 0 aromatic carbocycles. The second-order valence-corrected chi connectivity index (χ2v) is 6.54. The second-order valence-electron chi connectivity index (χ2n) is 6.54. The number of hydrogen-bond acceptors (Lipinski definition) is 3. The molecule has 0 aromatic heterocycles. The molecule has 0 amide bonds. The lowest BCUT2D eigenvalue weighted by Gasteiger charge is -2.31. The molecule has 3 heteroatoms. The van der Waals surface area contributed by atoms with Gasteiger partial charge in [0.15, 0.2) is 0 Å². The molecule has 18 heavy (non-hydrogen) atoms. The third-order valence-corrected chi connectivity index (χ3v) is 4.63. The standard InChI is InChI=1S/C15H28N2O/c1-4-15(16-7-1)11-17(9-13-5-6-13)10-14-3-2-8-18-12-14/h13-16H,1-12H2. The molecule has 0 spiro atoms. The number of ether oxygens (including phenoxy) is 1. The van der Waals surface area contributed by atoms with Crippen LogP contribution in [0.2, 0.25) is 0 Å². The Bertz CT molecular complexity index is 243. The van der Waals surface area contributed by atoms with Crippen molar-refractivity contribution in [2.24, 2.45) is 11.8 Å². The van der Waals surface area contributed by atoms with Crippen molar-refractivity contribution in [3.05, 3.63) is 0 Å². The average Bonchev–Trinajstić information content (AvgIpc) is 3.05. The lowest BCUT2D eigenvalue weighted by atomic mass is 10.0. The molecule has 1 aliphatic carbocycles. The van der Waals surface area contributed by atoms with Gasteiger partial charge in [-0.2, -0.15) is 0 Å². The lowest BCUT2D eigenvalue weighted by Crippen LogP contribution is -2.42. The van der Waals surface area contributed by atoms with E-state index in [9.17, 15) is 0 Å². The molecule has 2 atom stereocenters. The Morgan fingerprint density at radius 1 is 0.944 bits per heavy atom. The van der Waals surface area contributed by atoms with Crippen LogP contribution in [0.15, 0.2) is 0 Å². The Kier molecular flexibility index (Phi) is 4.55. The van der Waals surface area contributed by atoms with Crippen molar-refractivity contribution in [1.82, 2.24) is 10.2 Å². The highest BCUT2D eigenvalue weighted by Gasteiger charge is 2.28. The fraction of sp³-hybridized carbons (Fsp3) is 1.00. The first-order valence-electron chi connectivity index (χ1n) is 7.93. The van der Waals surface area contributed by atoms with Crippen LogP contribution in [0.4, 0.5) is 0 Å². The van der Waals surface area contributed by atoms with Gasteiger partial charge in [-0.3, -0.25) is 0 Å². The average molecular weight is 252 g/mol. The Hall–Kier alpha value is -0.120. The number of nitrogens with zero attached hydrogens (tertiary/aromatic N) is 1. The molecule has 0 radical (unpaired) electrons. The van der Waals surface area contributed by atoms with Crippen LogP contribution in [0.5, 0.6) is 0 Å². The maximum Gasteiger partial charge on any atom is 0.0506 e. The zero-order chi connectivity index (χ0) is 12.2. The van der Waals surface area contributed by atoms with Crippen LogP contribution >= 0.6 is 0 Å². The van der Waals surface area contributed by atoms with Gasteiger partial charge in [0.05, 0.1) is 6.61 Å². The molecule has 1 N–H and O–H groups in total. The van der Waals surface area contributed by atoms with E-state index in [1.54, 1.807) is 0 Å². The first-order chi connectivity index (χ1) is 8.90. The van der Waals surface area contributed by atoms with E-state index in [1.807, 2.05) is 0 Å². The van der Waals surface area contributed by atoms with Crippen LogP contribution in [-0.4, -0.2) is 50.3 Å². The summed E-state index contributed by atoms with van der Waals surface area (Å²) in [5, 5.41) is 3.65. The van der Waals surface area contributed by atoms with Crippen molar-refractivity contribution >= 4 is 0 Å². The zero-order valence-electron chi connectivity index (χ0n) is 11.6. The normalized spacial score (nSPS) is 33.2. The SMILES string of the molecule is C1COCC(CN(CC2CC2)CC2CCCN2)C1. The predicted octanol–water partition coefficient (Wildman–Crippen LogP) is 1.88. The molecule has 0 bridgehead atoms. The highest BCUT2D eigenvalue weighted by atomic mass is 16.5. The topological polar surface area (TPSA) is 24.5 Å². The predicted molar refractivity (Wildman–Crippen MR) is 73.7 cm³/mol. The Morgan fingerprint density at radius 2 is 1.83 bits per heavy atom. The molecule has 1 saturated carbocycles. The van der Waals surface area contributed by atoms with Crippen molar-refractivity contribution in [2.75, 3.05) is 39.4 Å². The summed E-state index contributed by atoms with van der Waals surface area (Å²) in [6.45, 7) is 7.10. The first kappa shape index (κ1) is 12.9. The maximum absolute atomic E-state index is 5.63. The quantitative estimate of drug-likeness (QED) is 0.781. The van der Waals surface area contributed by atoms with Crippen LogP contribution in [-0.2, 0) is 4.74 Å². The number of hydrogen-bond donors (Lipinski definition) is 1. The van der Waals surface area contributed by atoms with E-state index in [4.69, 9.17) is 4.74 Å². The highest BCUT2D eigenvalue weighted by molar-refractivity contribution is 4.83. The molecule has 2 saturated heterocycles. The van der Waals surface area contributed by atoms with E-state index in [-0.39, 0.29) is 0 Å². The van der Waals surface area contributed by atoms with Gasteiger partial charge in [-0.05, 0) is 56.9 Å². The molecule has 0 aromatic rings. The van der Waals surface area contributed by atoms with Gasteiger partial charge >= 0.3 is 0 Å².